The van der Waals surface area contributed by atoms with E-state index in [0.717, 1.165) is 11.8 Å². The number of aromatic nitrogens is 3. The number of H-pyrrole nitrogens is 1. The lowest BCUT2D eigenvalue weighted by Crippen LogP contribution is -2.47. The molecule has 13 heteroatoms. The van der Waals surface area contributed by atoms with E-state index in [1.807, 2.05) is 20.9 Å². The van der Waals surface area contributed by atoms with Crippen LogP contribution in [-0.4, -0.2) is 76.9 Å². The molecule has 0 atom stereocenters. The van der Waals surface area contributed by atoms with Crippen LogP contribution in [0.2, 0.25) is 0 Å². The summed E-state index contributed by atoms with van der Waals surface area (Å²) >= 11 is 1.05. The van der Waals surface area contributed by atoms with Gasteiger partial charge in [-0.25, -0.2) is 18.2 Å². The number of likely N-dealkylation sites (N-methyl/N-ethyl adjacent to an activating group) is 1. The second kappa shape index (κ2) is 10.2. The highest BCUT2D eigenvalue weighted by Gasteiger charge is 2.28. The number of hydrogen-bond donors (Lipinski definition) is 2. The molecule has 3 heterocycles. The molecule has 1 saturated heterocycles. The number of aromatic amines is 1. The molecule has 1 aliphatic rings. The normalized spacial score (nSPS) is 15.8. The third-order valence-electron chi connectivity index (χ3n) is 5.23. The van der Waals surface area contributed by atoms with Gasteiger partial charge in [-0.3, -0.25) is 19.1 Å². The molecular weight excluding hydrogens is 468 g/mol. The highest BCUT2D eigenvalue weighted by molar-refractivity contribution is 7.99. The molecule has 0 bridgehead atoms. The molecule has 2 aromatic rings. The maximum Gasteiger partial charge on any atom is 0.329 e. The Morgan fingerprint density at radius 1 is 1.21 bits per heavy atom. The second-order valence-electron chi connectivity index (χ2n) is 8.28. The van der Waals surface area contributed by atoms with E-state index < -0.39 is 27.1 Å². The van der Waals surface area contributed by atoms with Crippen LogP contribution in [0.25, 0.3) is 0 Å². The van der Waals surface area contributed by atoms with Gasteiger partial charge in [0, 0.05) is 38.9 Å². The van der Waals surface area contributed by atoms with Gasteiger partial charge in [-0.1, -0.05) is 25.6 Å². The zero-order valence-electron chi connectivity index (χ0n) is 18.8. The molecule has 3 rings (SSSR count). The fourth-order valence-electron chi connectivity index (χ4n) is 3.40. The molecule has 0 unspecified atom stereocenters. The first-order valence-corrected chi connectivity index (χ1v) is 12.9. The van der Waals surface area contributed by atoms with E-state index in [1.54, 1.807) is 0 Å². The fourth-order valence-corrected chi connectivity index (χ4v) is 5.48. The summed E-state index contributed by atoms with van der Waals surface area (Å²) < 4.78 is 28.2. The largest absolute Gasteiger partial charge is 0.384 e. The Hall–Kier alpha value is -2.48. The highest BCUT2D eigenvalue weighted by Crippen LogP contribution is 2.22. The molecule has 3 N–H and O–H groups in total. The summed E-state index contributed by atoms with van der Waals surface area (Å²) in [5.74, 6) is -0.778. The molecular formula is C20H28N6O5S2. The Morgan fingerprint density at radius 3 is 2.45 bits per heavy atom. The van der Waals surface area contributed by atoms with Crippen LogP contribution in [0.5, 0.6) is 0 Å². The Kier molecular flexibility index (Phi) is 7.77. The lowest BCUT2D eigenvalue weighted by atomic mass is 10.2. The number of ketones is 1. The third-order valence-corrected chi connectivity index (χ3v) is 8.05. The van der Waals surface area contributed by atoms with Crippen molar-refractivity contribution in [2.75, 3.05) is 44.7 Å². The number of nitrogen functional groups attached to an aromatic ring is 1. The van der Waals surface area contributed by atoms with Gasteiger partial charge in [-0.2, -0.15) is 4.31 Å². The van der Waals surface area contributed by atoms with Gasteiger partial charge in [0.1, 0.15) is 16.3 Å². The van der Waals surface area contributed by atoms with Crippen molar-refractivity contribution in [2.45, 2.75) is 30.3 Å². The molecule has 0 amide bonds. The average molecular weight is 497 g/mol. The van der Waals surface area contributed by atoms with Crippen LogP contribution in [0.15, 0.2) is 37.8 Å². The first-order valence-electron chi connectivity index (χ1n) is 10.4. The van der Waals surface area contributed by atoms with Crippen molar-refractivity contribution in [2.24, 2.45) is 5.92 Å². The Morgan fingerprint density at radius 2 is 1.88 bits per heavy atom. The van der Waals surface area contributed by atoms with E-state index in [0.29, 0.717) is 31.2 Å². The maximum atomic E-state index is 12.8. The Bertz CT molecular complexity index is 1230. The number of nitrogens with one attached hydrogen (secondary N) is 1. The van der Waals surface area contributed by atoms with Gasteiger partial charge >= 0.3 is 5.69 Å². The molecule has 1 fully saturated rings. The zero-order chi connectivity index (χ0) is 24.3. The van der Waals surface area contributed by atoms with E-state index >= 15 is 0 Å². The van der Waals surface area contributed by atoms with Crippen molar-refractivity contribution in [1.29, 1.82) is 0 Å². The molecule has 0 spiro atoms. The van der Waals surface area contributed by atoms with Crippen molar-refractivity contribution in [3.05, 3.63) is 44.7 Å². The van der Waals surface area contributed by atoms with E-state index in [1.165, 1.54) is 27.2 Å². The minimum absolute atomic E-state index is 0.0815. The summed E-state index contributed by atoms with van der Waals surface area (Å²) in [5, 5.41) is 0.422. The minimum Gasteiger partial charge on any atom is -0.384 e. The SMILES string of the molecule is CC(C)Cn1c(N)c(C(=O)CSc2ccc(S(=O)(=O)N3CCN(C)CC3)cn2)c(=O)[nH]c1=O. The van der Waals surface area contributed by atoms with Gasteiger partial charge in [0.2, 0.25) is 10.0 Å². The lowest BCUT2D eigenvalue weighted by molar-refractivity contribution is 0.102. The summed E-state index contributed by atoms with van der Waals surface area (Å²) in [6.07, 6.45) is 1.27. The van der Waals surface area contributed by atoms with Crippen LogP contribution in [0.1, 0.15) is 24.2 Å². The number of thioether (sulfide) groups is 1. The number of nitrogens with zero attached hydrogens (tertiary/aromatic N) is 4. The average Bonchev–Trinajstić information content (AvgIpc) is 2.75. The summed E-state index contributed by atoms with van der Waals surface area (Å²) in [5.41, 5.74) is 4.22. The van der Waals surface area contributed by atoms with Crippen LogP contribution < -0.4 is 17.0 Å². The Labute approximate surface area is 196 Å². The van der Waals surface area contributed by atoms with Crippen molar-refractivity contribution < 1.29 is 13.2 Å². The van der Waals surface area contributed by atoms with Gasteiger partial charge in [0.05, 0.1) is 10.8 Å². The van der Waals surface area contributed by atoms with E-state index in [2.05, 4.69) is 14.9 Å². The van der Waals surface area contributed by atoms with Crippen molar-refractivity contribution in [3.8, 4) is 0 Å². The van der Waals surface area contributed by atoms with E-state index in [-0.39, 0.29) is 34.5 Å². The predicted molar refractivity (Wildman–Crippen MR) is 126 cm³/mol. The quantitative estimate of drug-likeness (QED) is 0.382. The smallest absolute Gasteiger partial charge is 0.329 e. The number of carbonyl (C=O) groups is 1. The van der Waals surface area contributed by atoms with Gasteiger partial charge in [-0.05, 0) is 25.1 Å². The van der Waals surface area contributed by atoms with Crippen LogP contribution in [0.3, 0.4) is 0 Å². The predicted octanol–water partition coefficient (Wildman–Crippen LogP) is 0.0809. The second-order valence-corrected chi connectivity index (χ2v) is 11.2. The molecule has 11 nitrogen and oxygen atoms in total. The van der Waals surface area contributed by atoms with Gasteiger partial charge in [0.15, 0.2) is 5.78 Å². The van der Waals surface area contributed by atoms with Crippen LogP contribution in [0, 0.1) is 5.92 Å². The first kappa shape index (κ1) is 25.1. The molecule has 180 valence electrons. The number of piperazine rings is 1. The molecule has 33 heavy (non-hydrogen) atoms. The number of anilines is 1. The van der Waals surface area contributed by atoms with Crippen LogP contribution in [0.4, 0.5) is 5.82 Å². The zero-order valence-corrected chi connectivity index (χ0v) is 20.4. The fraction of sp³-hybridized carbons (Fsp3) is 0.500. The summed E-state index contributed by atoms with van der Waals surface area (Å²) in [6, 6.07) is 2.98. The number of sulfonamides is 1. The number of pyridine rings is 1. The van der Waals surface area contributed by atoms with E-state index in [9.17, 15) is 22.8 Å². The summed E-state index contributed by atoms with van der Waals surface area (Å²) in [6.45, 7) is 6.18. The van der Waals surface area contributed by atoms with Gasteiger partial charge in [-0.15, -0.1) is 0 Å². The highest BCUT2D eigenvalue weighted by atomic mass is 32.2. The molecule has 2 aromatic heterocycles. The number of carbonyl (C=O) groups excluding carboxylic acids is 1. The summed E-state index contributed by atoms with van der Waals surface area (Å²) in [7, 11) is -1.69. The van der Waals surface area contributed by atoms with Gasteiger partial charge in [0.25, 0.3) is 5.56 Å². The van der Waals surface area contributed by atoms with Crippen LogP contribution >= 0.6 is 11.8 Å². The van der Waals surface area contributed by atoms with Crippen molar-refractivity contribution in [1.82, 2.24) is 23.7 Å². The molecule has 0 saturated carbocycles. The summed E-state index contributed by atoms with van der Waals surface area (Å²) in [4.78, 5) is 45.4. The van der Waals surface area contributed by atoms with Gasteiger partial charge < -0.3 is 10.6 Å². The van der Waals surface area contributed by atoms with Crippen LogP contribution in [-0.2, 0) is 16.6 Å². The molecule has 0 radical (unpaired) electrons. The maximum absolute atomic E-state index is 12.8. The lowest BCUT2D eigenvalue weighted by Gasteiger charge is -2.31. The third kappa shape index (κ3) is 5.72. The molecule has 0 aliphatic carbocycles. The first-order chi connectivity index (χ1) is 15.5. The number of hydrogen-bond acceptors (Lipinski definition) is 9. The monoisotopic (exact) mass is 496 g/mol. The molecule has 1 aliphatic heterocycles. The molecule has 0 aromatic carbocycles. The number of nitrogens with two attached hydrogens (primary N) is 1. The Balaban J connectivity index is 1.72. The number of Topliss-reactive ketones (excluding diaryl/α,β-unsaturated/α-hetero) is 1. The van der Waals surface area contributed by atoms with Crippen molar-refractivity contribution in [3.63, 3.8) is 0 Å². The number of rotatable bonds is 8. The standard InChI is InChI=1S/C20H28N6O5S2/c1-13(2)11-26-18(21)17(19(28)23-20(26)29)15(27)12-32-16-5-4-14(10-22-16)33(30,31)25-8-6-24(3)7-9-25/h4-5,10,13H,6-9,11-12,21H2,1-3H3,(H,23,28,29). The minimum atomic E-state index is -3.63. The van der Waals surface area contributed by atoms with Crippen molar-refractivity contribution >= 4 is 33.4 Å². The van der Waals surface area contributed by atoms with E-state index in [4.69, 9.17) is 5.73 Å². The topological polar surface area (TPSA) is 151 Å².